The third kappa shape index (κ3) is 4.32. The number of hydrogen-bond donors (Lipinski definition) is 2. The molecule has 1 aromatic rings. The normalized spacial score (nSPS) is 10.0. The van der Waals surface area contributed by atoms with Crippen molar-refractivity contribution < 1.29 is 19.4 Å². The molecule has 1 rings (SSSR count). The van der Waals surface area contributed by atoms with Crippen LogP contribution in [0.2, 0.25) is 0 Å². The first kappa shape index (κ1) is 13.3. The molecule has 0 fully saturated rings. The van der Waals surface area contributed by atoms with Crippen LogP contribution in [0.3, 0.4) is 0 Å². The maximum absolute atomic E-state index is 10.3. The summed E-state index contributed by atoms with van der Waals surface area (Å²) in [4.78, 5) is 10.3. The van der Waals surface area contributed by atoms with Gasteiger partial charge in [0.25, 0.3) is 0 Å². The minimum absolute atomic E-state index is 0.0205. The first-order chi connectivity index (χ1) is 8.17. The Morgan fingerprint density at radius 1 is 1.29 bits per heavy atom. The summed E-state index contributed by atoms with van der Waals surface area (Å²) in [5.41, 5.74) is 1.07. The van der Waals surface area contributed by atoms with Gasteiger partial charge in [0.2, 0.25) is 0 Å². The summed E-state index contributed by atoms with van der Waals surface area (Å²) in [5.74, 6) is 0.523. The van der Waals surface area contributed by atoms with Gasteiger partial charge in [0.1, 0.15) is 0 Å². The Bertz CT molecular complexity index is 379. The van der Waals surface area contributed by atoms with Crippen LogP contribution in [0.5, 0.6) is 11.5 Å². The highest BCUT2D eigenvalue weighted by atomic mass is 16.5. The highest BCUT2D eigenvalue weighted by Crippen LogP contribution is 2.27. The molecule has 0 aliphatic carbocycles. The maximum atomic E-state index is 10.3. The van der Waals surface area contributed by atoms with Crippen molar-refractivity contribution in [3.63, 3.8) is 0 Å². The molecule has 0 saturated carbocycles. The predicted octanol–water partition coefficient (Wildman–Crippen LogP) is 0.920. The molecule has 94 valence electrons. The van der Waals surface area contributed by atoms with Crippen LogP contribution in [-0.4, -0.2) is 38.4 Å². The molecule has 0 heterocycles. The van der Waals surface area contributed by atoms with Crippen molar-refractivity contribution in [1.29, 1.82) is 0 Å². The maximum Gasteiger partial charge on any atom is 0.317 e. The molecule has 0 spiro atoms. The second kappa shape index (κ2) is 6.75. The highest BCUT2D eigenvalue weighted by molar-refractivity contribution is 5.68. The standard InChI is InChI=1S/C12H17NO4/c1-16-10-4-3-9(7-11(10)17-2)5-6-13-8-12(14)15/h3-4,7,13H,5-6,8H2,1-2H3,(H,14,15). The third-order valence-corrected chi connectivity index (χ3v) is 2.31. The lowest BCUT2D eigenvalue weighted by Gasteiger charge is -2.09. The van der Waals surface area contributed by atoms with Gasteiger partial charge < -0.3 is 19.9 Å². The van der Waals surface area contributed by atoms with E-state index in [2.05, 4.69) is 5.32 Å². The van der Waals surface area contributed by atoms with Crippen molar-refractivity contribution in [2.45, 2.75) is 6.42 Å². The number of carboxylic acids is 1. The fraction of sp³-hybridized carbons (Fsp3) is 0.417. The van der Waals surface area contributed by atoms with Crippen molar-refractivity contribution in [2.75, 3.05) is 27.3 Å². The summed E-state index contributed by atoms with van der Waals surface area (Å²) in [6, 6.07) is 5.66. The first-order valence-electron chi connectivity index (χ1n) is 5.30. The number of rotatable bonds is 7. The zero-order valence-corrected chi connectivity index (χ0v) is 10.0. The van der Waals surface area contributed by atoms with E-state index in [0.717, 1.165) is 12.0 Å². The van der Waals surface area contributed by atoms with Crippen molar-refractivity contribution in [3.8, 4) is 11.5 Å². The Hall–Kier alpha value is -1.75. The van der Waals surface area contributed by atoms with Crippen molar-refractivity contribution in [3.05, 3.63) is 23.8 Å². The Labute approximate surface area is 100 Å². The smallest absolute Gasteiger partial charge is 0.317 e. The van der Waals surface area contributed by atoms with Gasteiger partial charge in [-0.1, -0.05) is 6.07 Å². The molecule has 1 aromatic carbocycles. The number of carbonyl (C=O) groups is 1. The van der Waals surface area contributed by atoms with Crippen LogP contribution in [0.1, 0.15) is 5.56 Å². The fourth-order valence-corrected chi connectivity index (χ4v) is 1.46. The van der Waals surface area contributed by atoms with Gasteiger partial charge in [0.05, 0.1) is 20.8 Å². The van der Waals surface area contributed by atoms with Crippen LogP contribution < -0.4 is 14.8 Å². The summed E-state index contributed by atoms with van der Waals surface area (Å²) in [6.45, 7) is 0.592. The van der Waals surface area contributed by atoms with Gasteiger partial charge in [-0.2, -0.15) is 0 Å². The van der Waals surface area contributed by atoms with E-state index in [1.807, 2.05) is 18.2 Å². The summed E-state index contributed by atoms with van der Waals surface area (Å²) < 4.78 is 10.3. The van der Waals surface area contributed by atoms with Crippen LogP contribution in [-0.2, 0) is 11.2 Å². The molecule has 0 saturated heterocycles. The van der Waals surface area contributed by atoms with E-state index in [4.69, 9.17) is 14.6 Å². The summed E-state index contributed by atoms with van der Waals surface area (Å²) in [6.07, 6.45) is 0.744. The second-order valence-electron chi connectivity index (χ2n) is 3.51. The molecular formula is C12H17NO4. The van der Waals surface area contributed by atoms with E-state index in [9.17, 15) is 4.79 Å². The zero-order valence-electron chi connectivity index (χ0n) is 10.0. The minimum Gasteiger partial charge on any atom is -0.493 e. The van der Waals surface area contributed by atoms with Gasteiger partial charge in [-0.25, -0.2) is 0 Å². The Morgan fingerprint density at radius 3 is 2.59 bits per heavy atom. The van der Waals surface area contributed by atoms with Crippen molar-refractivity contribution in [2.24, 2.45) is 0 Å². The van der Waals surface area contributed by atoms with Crippen LogP contribution in [0.25, 0.3) is 0 Å². The Morgan fingerprint density at radius 2 is 2.00 bits per heavy atom. The van der Waals surface area contributed by atoms with Crippen LogP contribution in [0.4, 0.5) is 0 Å². The number of hydrogen-bond acceptors (Lipinski definition) is 4. The lowest BCUT2D eigenvalue weighted by atomic mass is 10.1. The molecule has 5 heteroatoms. The molecule has 0 amide bonds. The van der Waals surface area contributed by atoms with Gasteiger partial charge in [-0.15, -0.1) is 0 Å². The molecule has 0 radical (unpaired) electrons. The highest BCUT2D eigenvalue weighted by Gasteiger charge is 2.04. The van der Waals surface area contributed by atoms with Crippen LogP contribution in [0, 0.1) is 0 Å². The van der Waals surface area contributed by atoms with Gasteiger partial charge in [-0.3, -0.25) is 4.79 Å². The molecule has 0 aliphatic heterocycles. The van der Waals surface area contributed by atoms with Gasteiger partial charge in [0.15, 0.2) is 11.5 Å². The van der Waals surface area contributed by atoms with E-state index in [1.54, 1.807) is 14.2 Å². The average Bonchev–Trinajstić information content (AvgIpc) is 2.34. The number of benzene rings is 1. The third-order valence-electron chi connectivity index (χ3n) is 2.31. The summed E-state index contributed by atoms with van der Waals surface area (Å²) >= 11 is 0. The number of methoxy groups -OCH3 is 2. The van der Waals surface area contributed by atoms with E-state index in [-0.39, 0.29) is 6.54 Å². The molecule has 5 nitrogen and oxygen atoms in total. The summed E-state index contributed by atoms with van der Waals surface area (Å²) in [5, 5.41) is 11.3. The molecule has 0 atom stereocenters. The van der Waals surface area contributed by atoms with E-state index >= 15 is 0 Å². The Balaban J connectivity index is 2.51. The van der Waals surface area contributed by atoms with Crippen molar-refractivity contribution in [1.82, 2.24) is 5.32 Å². The molecule has 0 aromatic heterocycles. The van der Waals surface area contributed by atoms with E-state index in [0.29, 0.717) is 18.0 Å². The average molecular weight is 239 g/mol. The number of carboxylic acid groups (broad SMARTS) is 1. The topological polar surface area (TPSA) is 67.8 Å². The first-order valence-corrected chi connectivity index (χ1v) is 5.30. The van der Waals surface area contributed by atoms with Crippen molar-refractivity contribution >= 4 is 5.97 Å². The lowest BCUT2D eigenvalue weighted by molar-refractivity contribution is -0.135. The van der Waals surface area contributed by atoms with Gasteiger partial charge >= 0.3 is 5.97 Å². The molecule has 0 bridgehead atoms. The Kier molecular flexibility index (Phi) is 5.29. The molecule has 0 unspecified atom stereocenters. The second-order valence-corrected chi connectivity index (χ2v) is 3.51. The number of nitrogens with one attached hydrogen (secondary N) is 1. The molecule has 2 N–H and O–H groups in total. The van der Waals surface area contributed by atoms with Crippen LogP contribution in [0.15, 0.2) is 18.2 Å². The molecular weight excluding hydrogens is 222 g/mol. The fourth-order valence-electron chi connectivity index (χ4n) is 1.46. The molecule has 17 heavy (non-hydrogen) atoms. The minimum atomic E-state index is -0.850. The monoisotopic (exact) mass is 239 g/mol. The zero-order chi connectivity index (χ0) is 12.7. The van der Waals surface area contributed by atoms with Gasteiger partial charge in [0, 0.05) is 0 Å². The number of ether oxygens (including phenoxy) is 2. The van der Waals surface area contributed by atoms with Gasteiger partial charge in [-0.05, 0) is 30.7 Å². The largest absolute Gasteiger partial charge is 0.493 e. The van der Waals surface area contributed by atoms with Crippen LogP contribution >= 0.6 is 0 Å². The SMILES string of the molecule is COc1ccc(CCNCC(=O)O)cc1OC. The number of aliphatic carboxylic acids is 1. The lowest BCUT2D eigenvalue weighted by Crippen LogP contribution is -2.24. The predicted molar refractivity (Wildman–Crippen MR) is 63.8 cm³/mol. The van der Waals surface area contributed by atoms with E-state index < -0.39 is 5.97 Å². The quantitative estimate of drug-likeness (QED) is 0.692. The molecule has 0 aliphatic rings. The summed E-state index contributed by atoms with van der Waals surface area (Å²) in [7, 11) is 3.18. The van der Waals surface area contributed by atoms with E-state index in [1.165, 1.54) is 0 Å².